The van der Waals surface area contributed by atoms with Gasteiger partial charge in [0.2, 0.25) is 0 Å². The third-order valence-electron chi connectivity index (χ3n) is 2.92. The van der Waals surface area contributed by atoms with Crippen LogP contribution in [0, 0.1) is 10.1 Å². The second-order valence-electron chi connectivity index (χ2n) is 4.35. The van der Waals surface area contributed by atoms with E-state index in [9.17, 15) is 14.9 Å². The van der Waals surface area contributed by atoms with Gasteiger partial charge in [-0.15, -0.1) is 0 Å². The summed E-state index contributed by atoms with van der Waals surface area (Å²) in [5.74, 6) is 0.153. The van der Waals surface area contributed by atoms with Crippen LogP contribution in [0.3, 0.4) is 0 Å². The number of carbonyl (C=O) groups excluding carboxylic acids is 1. The Morgan fingerprint density at radius 1 is 1.53 bits per heavy atom. The van der Waals surface area contributed by atoms with E-state index in [1.807, 2.05) is 6.92 Å². The lowest BCUT2D eigenvalue weighted by molar-refractivity contribution is -0.389. The van der Waals surface area contributed by atoms with Crippen molar-refractivity contribution in [3.05, 3.63) is 22.2 Å². The molecule has 7 nitrogen and oxygen atoms in total. The van der Waals surface area contributed by atoms with Gasteiger partial charge in [-0.25, -0.2) is 0 Å². The van der Waals surface area contributed by atoms with Gasteiger partial charge in [0.1, 0.15) is 0 Å². The number of carbonyl (C=O) groups is 1. The average molecular weight is 265 g/mol. The molecular formula is C12H15N3O4. The predicted octanol–water partition coefficient (Wildman–Crippen LogP) is 1.90. The molecule has 0 spiro atoms. The van der Waals surface area contributed by atoms with Crippen LogP contribution in [0.2, 0.25) is 0 Å². The van der Waals surface area contributed by atoms with E-state index in [0.29, 0.717) is 12.3 Å². The van der Waals surface area contributed by atoms with Crippen molar-refractivity contribution in [2.75, 3.05) is 11.4 Å². The summed E-state index contributed by atoms with van der Waals surface area (Å²) < 4.78 is 5.41. The zero-order valence-electron chi connectivity index (χ0n) is 10.8. The van der Waals surface area contributed by atoms with Crippen LogP contribution in [0.25, 0.3) is 0 Å². The molecule has 0 N–H and O–H groups in total. The van der Waals surface area contributed by atoms with Crippen molar-refractivity contribution >= 4 is 17.5 Å². The van der Waals surface area contributed by atoms with Gasteiger partial charge in [0.25, 0.3) is 11.7 Å². The van der Waals surface area contributed by atoms with Gasteiger partial charge in [0.15, 0.2) is 11.9 Å². The molecule has 19 heavy (non-hydrogen) atoms. The Labute approximate surface area is 110 Å². The van der Waals surface area contributed by atoms with Gasteiger partial charge in [-0.3, -0.25) is 9.69 Å². The molecule has 2 heterocycles. The normalized spacial score (nSPS) is 17.9. The fraction of sp³-hybridized carbons (Fsp3) is 0.500. The van der Waals surface area contributed by atoms with Crippen molar-refractivity contribution in [2.45, 2.75) is 32.8 Å². The number of nitrogens with zero attached hydrogens (tertiary/aromatic N) is 3. The van der Waals surface area contributed by atoms with E-state index in [1.165, 1.54) is 17.0 Å². The molecule has 0 aliphatic carbocycles. The van der Waals surface area contributed by atoms with Crippen LogP contribution in [-0.2, 0) is 4.79 Å². The van der Waals surface area contributed by atoms with Gasteiger partial charge in [-0.05, 0) is 29.3 Å². The van der Waals surface area contributed by atoms with Gasteiger partial charge in [0.05, 0.1) is 0 Å². The van der Waals surface area contributed by atoms with Crippen LogP contribution in [0.5, 0.6) is 5.75 Å². The van der Waals surface area contributed by atoms with E-state index in [1.54, 1.807) is 6.92 Å². The SMILES string of the molecule is CCCCN1C(=O)C(C)Oc2ccc([N+](=O)[O-])nc21. The average Bonchev–Trinajstić information content (AvgIpc) is 2.39. The summed E-state index contributed by atoms with van der Waals surface area (Å²) in [5.41, 5.74) is 0. The quantitative estimate of drug-likeness (QED) is 0.613. The smallest absolute Gasteiger partial charge is 0.366 e. The van der Waals surface area contributed by atoms with E-state index in [4.69, 9.17) is 4.74 Å². The molecule has 102 valence electrons. The molecule has 0 radical (unpaired) electrons. The summed E-state index contributed by atoms with van der Waals surface area (Å²) in [7, 11) is 0. The lowest BCUT2D eigenvalue weighted by Gasteiger charge is -2.29. The van der Waals surface area contributed by atoms with Crippen LogP contribution < -0.4 is 9.64 Å². The first kappa shape index (κ1) is 13.3. The highest BCUT2D eigenvalue weighted by Crippen LogP contribution is 2.33. The standard InChI is InChI=1S/C12H15N3O4/c1-3-4-7-14-11-9(19-8(2)12(14)16)5-6-10(13-11)15(17)18/h5-6,8H,3-4,7H2,1-2H3. The van der Waals surface area contributed by atoms with Crippen LogP contribution in [0.15, 0.2) is 12.1 Å². The van der Waals surface area contributed by atoms with Crippen molar-refractivity contribution in [1.82, 2.24) is 4.98 Å². The van der Waals surface area contributed by atoms with E-state index in [2.05, 4.69) is 4.98 Å². The minimum atomic E-state index is -0.590. The molecule has 1 unspecified atom stereocenters. The molecule has 7 heteroatoms. The van der Waals surface area contributed by atoms with Crippen molar-refractivity contribution in [3.8, 4) is 5.75 Å². The number of hydrogen-bond acceptors (Lipinski definition) is 5. The summed E-state index contributed by atoms with van der Waals surface area (Å²) in [6.45, 7) is 4.16. The summed E-state index contributed by atoms with van der Waals surface area (Å²) in [6.07, 6.45) is 1.14. The molecule has 0 aromatic carbocycles. The summed E-state index contributed by atoms with van der Waals surface area (Å²) in [5, 5.41) is 10.8. The molecule has 1 amide bonds. The van der Waals surface area contributed by atoms with Gasteiger partial charge in [-0.1, -0.05) is 13.3 Å². The highest BCUT2D eigenvalue weighted by atomic mass is 16.6. The first-order valence-electron chi connectivity index (χ1n) is 6.18. The number of aromatic nitrogens is 1. The summed E-state index contributed by atoms with van der Waals surface area (Å²) >= 11 is 0. The zero-order chi connectivity index (χ0) is 14.0. The molecule has 2 rings (SSSR count). The molecule has 1 aromatic rings. The molecule has 1 atom stereocenters. The zero-order valence-corrected chi connectivity index (χ0v) is 10.8. The van der Waals surface area contributed by atoms with Gasteiger partial charge in [0, 0.05) is 12.6 Å². The molecular weight excluding hydrogens is 250 g/mol. The van der Waals surface area contributed by atoms with Crippen LogP contribution in [0.4, 0.5) is 11.6 Å². The third kappa shape index (κ3) is 2.49. The Kier molecular flexibility index (Phi) is 3.64. The number of amides is 1. The maximum atomic E-state index is 12.1. The Hall–Kier alpha value is -2.18. The fourth-order valence-electron chi connectivity index (χ4n) is 1.91. The van der Waals surface area contributed by atoms with Crippen molar-refractivity contribution < 1.29 is 14.5 Å². The van der Waals surface area contributed by atoms with E-state index >= 15 is 0 Å². The number of pyridine rings is 1. The molecule has 1 aromatic heterocycles. The van der Waals surface area contributed by atoms with Crippen LogP contribution in [0.1, 0.15) is 26.7 Å². The van der Waals surface area contributed by atoms with E-state index < -0.39 is 11.0 Å². The van der Waals surface area contributed by atoms with E-state index in [0.717, 1.165) is 12.8 Å². The number of fused-ring (bicyclic) bond motifs is 1. The summed E-state index contributed by atoms with van der Waals surface area (Å²) in [6, 6.07) is 2.77. The minimum Gasteiger partial charge on any atom is -0.475 e. The van der Waals surface area contributed by atoms with Crippen LogP contribution in [-0.4, -0.2) is 28.5 Å². The number of unbranched alkanes of at least 4 members (excludes halogenated alkanes) is 1. The predicted molar refractivity (Wildman–Crippen MR) is 68.2 cm³/mol. The Morgan fingerprint density at radius 2 is 2.26 bits per heavy atom. The van der Waals surface area contributed by atoms with Crippen molar-refractivity contribution in [1.29, 1.82) is 0 Å². The second kappa shape index (κ2) is 5.21. The monoisotopic (exact) mass is 265 g/mol. The summed E-state index contributed by atoms with van der Waals surface area (Å²) in [4.78, 5) is 27.6. The van der Waals surface area contributed by atoms with Crippen LogP contribution >= 0.6 is 0 Å². The fourth-order valence-corrected chi connectivity index (χ4v) is 1.91. The highest BCUT2D eigenvalue weighted by Gasteiger charge is 2.36. The van der Waals surface area contributed by atoms with E-state index in [-0.39, 0.29) is 17.5 Å². The molecule has 1 aliphatic heterocycles. The molecule has 0 saturated carbocycles. The van der Waals surface area contributed by atoms with Gasteiger partial charge >= 0.3 is 5.82 Å². The number of anilines is 1. The molecule has 0 bridgehead atoms. The maximum Gasteiger partial charge on any atom is 0.366 e. The number of hydrogen-bond donors (Lipinski definition) is 0. The first-order valence-corrected chi connectivity index (χ1v) is 6.18. The minimum absolute atomic E-state index is 0.214. The maximum absolute atomic E-state index is 12.1. The lowest BCUT2D eigenvalue weighted by Crippen LogP contribution is -2.45. The largest absolute Gasteiger partial charge is 0.475 e. The Balaban J connectivity index is 2.41. The number of nitro groups is 1. The topological polar surface area (TPSA) is 85.6 Å². The van der Waals surface area contributed by atoms with Crippen molar-refractivity contribution in [3.63, 3.8) is 0 Å². The Morgan fingerprint density at radius 3 is 2.89 bits per heavy atom. The number of rotatable bonds is 4. The Bertz CT molecular complexity index is 518. The number of ether oxygens (including phenoxy) is 1. The lowest BCUT2D eigenvalue weighted by atomic mass is 10.2. The van der Waals surface area contributed by atoms with Gasteiger partial charge in [-0.2, -0.15) is 0 Å². The van der Waals surface area contributed by atoms with Gasteiger partial charge < -0.3 is 14.9 Å². The van der Waals surface area contributed by atoms with Crippen molar-refractivity contribution in [2.24, 2.45) is 0 Å². The molecule has 0 fully saturated rings. The second-order valence-corrected chi connectivity index (χ2v) is 4.35. The first-order chi connectivity index (χ1) is 9.04. The third-order valence-corrected chi connectivity index (χ3v) is 2.92. The highest BCUT2D eigenvalue weighted by molar-refractivity contribution is 5.98. The molecule has 1 aliphatic rings. The molecule has 0 saturated heterocycles.